The Morgan fingerprint density at radius 2 is 1.55 bits per heavy atom. The predicted octanol–water partition coefficient (Wildman–Crippen LogP) is 3.66. The number of nitrogens with one attached hydrogen (secondary N) is 1. The molecule has 8 nitrogen and oxygen atoms in total. The van der Waals surface area contributed by atoms with Gasteiger partial charge in [-0.2, -0.15) is 4.31 Å². The van der Waals surface area contributed by atoms with Crippen LogP contribution in [0.25, 0.3) is 0 Å². The van der Waals surface area contributed by atoms with Gasteiger partial charge in [-0.25, -0.2) is 30.3 Å². The number of methoxy groups -OCH3 is 1. The van der Waals surface area contributed by atoms with Crippen LogP contribution in [0.3, 0.4) is 0 Å². The SMILES string of the molecule is COc1ccc(S(=O)(=O)NCCc2ccc(F)cc2)cc1N1CCN(S(=O)(=O)c2ccc(F)c(Cl)c2)CC1. The Morgan fingerprint density at radius 3 is 2.18 bits per heavy atom. The molecule has 1 fully saturated rings. The molecule has 1 aliphatic heterocycles. The van der Waals surface area contributed by atoms with E-state index in [4.69, 9.17) is 16.3 Å². The highest BCUT2D eigenvalue weighted by atomic mass is 35.5. The van der Waals surface area contributed by atoms with Crippen molar-refractivity contribution < 1.29 is 30.4 Å². The molecule has 3 aromatic carbocycles. The number of piperazine rings is 1. The van der Waals surface area contributed by atoms with Gasteiger partial charge in [0.1, 0.15) is 17.4 Å². The van der Waals surface area contributed by atoms with Crippen molar-refractivity contribution in [2.45, 2.75) is 16.2 Å². The van der Waals surface area contributed by atoms with Gasteiger partial charge in [-0.3, -0.25) is 0 Å². The van der Waals surface area contributed by atoms with Crippen LogP contribution in [0.4, 0.5) is 14.5 Å². The maximum Gasteiger partial charge on any atom is 0.243 e. The second-order valence-electron chi connectivity index (χ2n) is 8.57. The zero-order chi connectivity index (χ0) is 27.5. The molecule has 0 aliphatic carbocycles. The summed E-state index contributed by atoms with van der Waals surface area (Å²) in [5.74, 6) is -0.627. The van der Waals surface area contributed by atoms with Crippen LogP contribution >= 0.6 is 11.6 Å². The van der Waals surface area contributed by atoms with Crippen LogP contribution < -0.4 is 14.4 Å². The van der Waals surface area contributed by atoms with Crippen LogP contribution in [0.15, 0.2) is 70.5 Å². The van der Waals surface area contributed by atoms with E-state index in [2.05, 4.69) is 4.72 Å². The van der Waals surface area contributed by atoms with Gasteiger partial charge >= 0.3 is 0 Å². The number of benzene rings is 3. The average Bonchev–Trinajstić information content (AvgIpc) is 2.91. The topological polar surface area (TPSA) is 96.0 Å². The summed E-state index contributed by atoms with van der Waals surface area (Å²) in [4.78, 5) is 1.78. The molecule has 0 saturated carbocycles. The lowest BCUT2D eigenvalue weighted by Crippen LogP contribution is -2.48. The third-order valence-electron chi connectivity index (χ3n) is 6.19. The van der Waals surface area contributed by atoms with Crippen molar-refractivity contribution in [3.63, 3.8) is 0 Å². The molecule has 0 aromatic heterocycles. The monoisotopic (exact) mass is 585 g/mol. The number of ether oxygens (including phenoxy) is 1. The van der Waals surface area contributed by atoms with Crippen molar-refractivity contribution in [1.29, 1.82) is 0 Å². The summed E-state index contributed by atoms with van der Waals surface area (Å²) in [6, 6.07) is 13.6. The number of halogens is 3. The van der Waals surface area contributed by atoms with Gasteiger partial charge in [0.25, 0.3) is 0 Å². The average molecular weight is 586 g/mol. The van der Waals surface area contributed by atoms with E-state index in [0.717, 1.165) is 17.7 Å². The minimum Gasteiger partial charge on any atom is -0.495 e. The van der Waals surface area contributed by atoms with Gasteiger partial charge in [0.2, 0.25) is 20.0 Å². The molecule has 13 heteroatoms. The fraction of sp³-hybridized carbons (Fsp3) is 0.280. The number of nitrogens with zero attached hydrogens (tertiary/aromatic N) is 2. The molecule has 0 spiro atoms. The molecule has 1 aliphatic rings. The van der Waals surface area contributed by atoms with Crippen molar-refractivity contribution in [2.24, 2.45) is 0 Å². The molecule has 0 unspecified atom stereocenters. The van der Waals surface area contributed by atoms with E-state index in [-0.39, 0.29) is 53.4 Å². The fourth-order valence-electron chi connectivity index (χ4n) is 4.10. The lowest BCUT2D eigenvalue weighted by Gasteiger charge is -2.36. The maximum atomic E-state index is 13.5. The fourth-order valence-corrected chi connectivity index (χ4v) is 6.85. The van der Waals surface area contributed by atoms with Gasteiger partial charge in [0, 0.05) is 32.7 Å². The quantitative estimate of drug-likeness (QED) is 0.412. The minimum atomic E-state index is -3.89. The molecule has 204 valence electrons. The Balaban J connectivity index is 1.46. The van der Waals surface area contributed by atoms with Crippen LogP contribution in [0.5, 0.6) is 5.75 Å². The molecule has 0 atom stereocenters. The summed E-state index contributed by atoms with van der Waals surface area (Å²) < 4.78 is 87.8. The van der Waals surface area contributed by atoms with Crippen LogP contribution in [0.2, 0.25) is 5.02 Å². The first-order chi connectivity index (χ1) is 18.0. The molecule has 0 bridgehead atoms. The predicted molar refractivity (Wildman–Crippen MR) is 141 cm³/mol. The third-order valence-corrected chi connectivity index (χ3v) is 9.83. The van der Waals surface area contributed by atoms with E-state index in [1.807, 2.05) is 4.90 Å². The van der Waals surface area contributed by atoms with Gasteiger partial charge in [-0.15, -0.1) is 0 Å². The number of hydrogen-bond donors (Lipinski definition) is 1. The molecule has 0 amide bonds. The highest BCUT2D eigenvalue weighted by Gasteiger charge is 2.30. The number of rotatable bonds is 9. The van der Waals surface area contributed by atoms with Crippen molar-refractivity contribution >= 4 is 37.3 Å². The van der Waals surface area contributed by atoms with Crippen molar-refractivity contribution in [3.05, 3.63) is 82.9 Å². The molecular weight excluding hydrogens is 560 g/mol. The summed E-state index contributed by atoms with van der Waals surface area (Å²) >= 11 is 5.77. The highest BCUT2D eigenvalue weighted by Crippen LogP contribution is 2.32. The van der Waals surface area contributed by atoms with E-state index in [0.29, 0.717) is 17.9 Å². The van der Waals surface area contributed by atoms with E-state index >= 15 is 0 Å². The molecule has 4 rings (SSSR count). The van der Waals surface area contributed by atoms with Gasteiger partial charge in [-0.1, -0.05) is 23.7 Å². The second kappa shape index (κ2) is 11.5. The smallest absolute Gasteiger partial charge is 0.243 e. The van der Waals surface area contributed by atoms with Gasteiger partial charge in [0.15, 0.2) is 0 Å². The molecule has 0 radical (unpaired) electrons. The van der Waals surface area contributed by atoms with Gasteiger partial charge in [0.05, 0.1) is 27.6 Å². The molecule has 1 saturated heterocycles. The van der Waals surface area contributed by atoms with Gasteiger partial charge in [-0.05, 0) is 60.5 Å². The zero-order valence-electron chi connectivity index (χ0n) is 20.4. The van der Waals surface area contributed by atoms with Crippen molar-refractivity contribution in [1.82, 2.24) is 9.03 Å². The normalized spacial score (nSPS) is 15.0. The van der Waals surface area contributed by atoms with E-state index < -0.39 is 25.9 Å². The van der Waals surface area contributed by atoms with Crippen molar-refractivity contribution in [2.75, 3.05) is 44.7 Å². The Kier molecular flexibility index (Phi) is 8.58. The Hall–Kier alpha value is -2.77. The van der Waals surface area contributed by atoms with E-state index in [1.165, 1.54) is 41.7 Å². The zero-order valence-corrected chi connectivity index (χ0v) is 22.8. The Labute approximate surface area is 225 Å². The number of anilines is 1. The van der Waals surface area contributed by atoms with Gasteiger partial charge < -0.3 is 9.64 Å². The lowest BCUT2D eigenvalue weighted by molar-refractivity contribution is 0.378. The maximum absolute atomic E-state index is 13.5. The number of sulfonamides is 2. The molecule has 1 N–H and O–H groups in total. The highest BCUT2D eigenvalue weighted by molar-refractivity contribution is 7.89. The minimum absolute atomic E-state index is 0.0309. The lowest BCUT2D eigenvalue weighted by atomic mass is 10.1. The third kappa shape index (κ3) is 6.26. The first-order valence-electron chi connectivity index (χ1n) is 11.6. The van der Waals surface area contributed by atoms with Crippen molar-refractivity contribution in [3.8, 4) is 5.75 Å². The molecular formula is C25H26ClF2N3O5S2. The summed E-state index contributed by atoms with van der Waals surface area (Å²) in [5.41, 5.74) is 1.30. The summed E-state index contributed by atoms with van der Waals surface area (Å²) in [6.07, 6.45) is 0.387. The largest absolute Gasteiger partial charge is 0.495 e. The van der Waals surface area contributed by atoms with E-state index in [1.54, 1.807) is 18.2 Å². The summed E-state index contributed by atoms with van der Waals surface area (Å²) in [5, 5.41) is -0.279. The molecule has 38 heavy (non-hydrogen) atoms. The first kappa shape index (κ1) is 28.2. The van der Waals surface area contributed by atoms with Crippen LogP contribution in [-0.4, -0.2) is 61.0 Å². The van der Waals surface area contributed by atoms with Crippen LogP contribution in [0, 0.1) is 11.6 Å². The molecule has 1 heterocycles. The number of hydrogen-bond acceptors (Lipinski definition) is 6. The first-order valence-corrected chi connectivity index (χ1v) is 14.9. The Morgan fingerprint density at radius 1 is 0.895 bits per heavy atom. The molecule has 3 aromatic rings. The second-order valence-corrected chi connectivity index (χ2v) is 12.7. The standard InChI is InChI=1S/C25H26ClF2N3O5S2/c1-36-25-9-7-20(37(32,33)29-11-10-18-2-4-19(27)5-3-18)17-24(25)30-12-14-31(15-13-30)38(34,35)21-6-8-23(28)22(26)16-21/h2-9,16-17,29H,10-15H2,1H3. The van der Waals surface area contributed by atoms with E-state index in [9.17, 15) is 25.6 Å². The summed E-state index contributed by atoms with van der Waals surface area (Å²) in [6.45, 7) is 0.901. The summed E-state index contributed by atoms with van der Waals surface area (Å²) in [7, 11) is -6.28. The Bertz CT molecular complexity index is 1510. The van der Waals surface area contributed by atoms with Crippen LogP contribution in [-0.2, 0) is 26.5 Å². The van der Waals surface area contributed by atoms with Crippen LogP contribution in [0.1, 0.15) is 5.56 Å².